The van der Waals surface area contributed by atoms with Crippen molar-refractivity contribution in [1.82, 2.24) is 0 Å². The summed E-state index contributed by atoms with van der Waals surface area (Å²) in [5, 5.41) is 0.141. The van der Waals surface area contributed by atoms with Gasteiger partial charge in [0.25, 0.3) is 0 Å². The molecule has 0 spiro atoms. The van der Waals surface area contributed by atoms with Gasteiger partial charge < -0.3 is 5.73 Å². The van der Waals surface area contributed by atoms with Gasteiger partial charge in [-0.25, -0.2) is 4.39 Å². The lowest BCUT2D eigenvalue weighted by Crippen LogP contribution is -1.94. The minimum atomic E-state index is -0.397. The average Bonchev–Trinajstić information content (AvgIpc) is 2.10. The van der Waals surface area contributed by atoms with Crippen molar-refractivity contribution in [3.8, 4) is 0 Å². The van der Waals surface area contributed by atoms with Crippen LogP contribution in [0.1, 0.15) is 12.5 Å². The van der Waals surface area contributed by atoms with Crippen molar-refractivity contribution in [3.05, 3.63) is 40.7 Å². The first-order valence-electron chi connectivity index (χ1n) is 3.97. The SMILES string of the molecule is C/C(=C/CN)c1ccc(F)c(Cl)c1. The lowest BCUT2D eigenvalue weighted by molar-refractivity contribution is 0.628. The summed E-state index contributed by atoms with van der Waals surface area (Å²) in [6.07, 6.45) is 1.86. The summed E-state index contributed by atoms with van der Waals surface area (Å²) in [5.41, 5.74) is 7.26. The van der Waals surface area contributed by atoms with E-state index in [1.54, 1.807) is 12.1 Å². The zero-order valence-electron chi connectivity index (χ0n) is 7.35. The molecule has 0 amide bonds. The largest absolute Gasteiger partial charge is 0.327 e. The molecule has 0 fully saturated rings. The van der Waals surface area contributed by atoms with Crippen LogP contribution in [0.25, 0.3) is 5.57 Å². The minimum Gasteiger partial charge on any atom is -0.327 e. The molecule has 3 heteroatoms. The summed E-state index contributed by atoms with van der Waals surface area (Å²) in [6.45, 7) is 2.39. The Bertz CT molecular complexity index is 334. The van der Waals surface area contributed by atoms with Crippen LogP contribution in [0.5, 0.6) is 0 Å². The maximum Gasteiger partial charge on any atom is 0.141 e. The van der Waals surface area contributed by atoms with E-state index in [1.807, 2.05) is 13.0 Å². The van der Waals surface area contributed by atoms with E-state index < -0.39 is 5.82 Å². The van der Waals surface area contributed by atoms with Crippen LogP contribution >= 0.6 is 11.6 Å². The van der Waals surface area contributed by atoms with Crippen LogP contribution in [0.4, 0.5) is 4.39 Å². The molecule has 1 aromatic carbocycles. The summed E-state index contributed by atoms with van der Waals surface area (Å²) in [4.78, 5) is 0. The molecule has 0 saturated heterocycles. The quantitative estimate of drug-likeness (QED) is 0.779. The first kappa shape index (κ1) is 10.2. The monoisotopic (exact) mass is 199 g/mol. The minimum absolute atomic E-state index is 0.141. The van der Waals surface area contributed by atoms with Gasteiger partial charge in [-0.05, 0) is 30.2 Å². The van der Waals surface area contributed by atoms with Crippen molar-refractivity contribution in [2.45, 2.75) is 6.92 Å². The molecule has 1 rings (SSSR count). The predicted molar refractivity (Wildman–Crippen MR) is 54.1 cm³/mol. The number of benzene rings is 1. The van der Waals surface area contributed by atoms with Gasteiger partial charge in [0, 0.05) is 6.54 Å². The first-order valence-corrected chi connectivity index (χ1v) is 4.35. The maximum absolute atomic E-state index is 12.8. The van der Waals surface area contributed by atoms with Gasteiger partial charge >= 0.3 is 0 Å². The average molecular weight is 200 g/mol. The van der Waals surface area contributed by atoms with Crippen LogP contribution in [0, 0.1) is 5.82 Å². The second-order valence-electron chi connectivity index (χ2n) is 2.75. The second-order valence-corrected chi connectivity index (χ2v) is 3.16. The van der Waals surface area contributed by atoms with Crippen LogP contribution in [0.15, 0.2) is 24.3 Å². The van der Waals surface area contributed by atoms with Gasteiger partial charge in [-0.15, -0.1) is 0 Å². The normalized spacial score (nSPS) is 11.8. The number of hydrogen-bond acceptors (Lipinski definition) is 1. The molecule has 0 aliphatic carbocycles. The molecule has 0 heterocycles. The highest BCUT2D eigenvalue weighted by molar-refractivity contribution is 6.30. The topological polar surface area (TPSA) is 26.0 Å². The van der Waals surface area contributed by atoms with E-state index in [1.165, 1.54) is 6.07 Å². The molecule has 70 valence electrons. The van der Waals surface area contributed by atoms with E-state index in [0.717, 1.165) is 11.1 Å². The third-order valence-electron chi connectivity index (χ3n) is 1.80. The summed E-state index contributed by atoms with van der Waals surface area (Å²) >= 11 is 5.62. The predicted octanol–water partition coefficient (Wildman–Crippen LogP) is 2.84. The van der Waals surface area contributed by atoms with Crippen molar-refractivity contribution in [2.75, 3.05) is 6.54 Å². The Morgan fingerprint density at radius 1 is 1.62 bits per heavy atom. The van der Waals surface area contributed by atoms with E-state index in [-0.39, 0.29) is 5.02 Å². The van der Waals surface area contributed by atoms with Crippen LogP contribution in [-0.4, -0.2) is 6.54 Å². The van der Waals surface area contributed by atoms with Crippen LogP contribution in [0.3, 0.4) is 0 Å². The van der Waals surface area contributed by atoms with Gasteiger partial charge in [-0.3, -0.25) is 0 Å². The van der Waals surface area contributed by atoms with Crippen molar-refractivity contribution in [1.29, 1.82) is 0 Å². The van der Waals surface area contributed by atoms with Gasteiger partial charge in [0.15, 0.2) is 0 Å². The lowest BCUT2D eigenvalue weighted by Gasteiger charge is -2.02. The van der Waals surface area contributed by atoms with E-state index >= 15 is 0 Å². The summed E-state index contributed by atoms with van der Waals surface area (Å²) in [6, 6.07) is 4.63. The summed E-state index contributed by atoms with van der Waals surface area (Å²) < 4.78 is 12.8. The van der Waals surface area contributed by atoms with Gasteiger partial charge in [-0.1, -0.05) is 23.7 Å². The molecule has 0 unspecified atom stereocenters. The third kappa shape index (κ3) is 2.54. The Hall–Kier alpha value is -0.860. The molecule has 1 nitrogen and oxygen atoms in total. The lowest BCUT2D eigenvalue weighted by atomic mass is 10.1. The number of allylic oxidation sites excluding steroid dienone is 1. The molecule has 2 N–H and O–H groups in total. The number of nitrogens with two attached hydrogens (primary N) is 1. The highest BCUT2D eigenvalue weighted by Crippen LogP contribution is 2.20. The molecule has 0 aromatic heterocycles. The second kappa shape index (κ2) is 4.40. The number of halogens is 2. The van der Waals surface area contributed by atoms with E-state index in [0.29, 0.717) is 6.54 Å². The van der Waals surface area contributed by atoms with Crippen LogP contribution in [-0.2, 0) is 0 Å². The van der Waals surface area contributed by atoms with Crippen LogP contribution in [0.2, 0.25) is 5.02 Å². The van der Waals surface area contributed by atoms with Crippen molar-refractivity contribution >= 4 is 17.2 Å². The maximum atomic E-state index is 12.8. The molecule has 0 saturated carbocycles. The summed E-state index contributed by atoms with van der Waals surface area (Å²) in [7, 11) is 0. The Kier molecular flexibility index (Phi) is 3.46. The molecular formula is C10H11ClFN. The highest BCUT2D eigenvalue weighted by Gasteiger charge is 2.01. The van der Waals surface area contributed by atoms with E-state index in [9.17, 15) is 4.39 Å². The Labute approximate surface area is 82.0 Å². The Balaban J connectivity index is 3.04. The molecular weight excluding hydrogens is 189 g/mol. The Morgan fingerprint density at radius 2 is 2.31 bits per heavy atom. The van der Waals surface area contributed by atoms with Crippen molar-refractivity contribution < 1.29 is 4.39 Å². The molecule has 0 radical (unpaired) electrons. The zero-order valence-corrected chi connectivity index (χ0v) is 8.11. The van der Waals surface area contributed by atoms with Gasteiger partial charge in [0.05, 0.1) is 5.02 Å². The van der Waals surface area contributed by atoms with Gasteiger partial charge in [0.2, 0.25) is 0 Å². The fraction of sp³-hybridized carbons (Fsp3) is 0.200. The van der Waals surface area contributed by atoms with E-state index in [2.05, 4.69) is 0 Å². The van der Waals surface area contributed by atoms with Crippen molar-refractivity contribution in [2.24, 2.45) is 5.73 Å². The number of hydrogen-bond donors (Lipinski definition) is 1. The molecule has 0 aliphatic heterocycles. The van der Waals surface area contributed by atoms with Crippen LogP contribution < -0.4 is 5.73 Å². The van der Waals surface area contributed by atoms with Crippen molar-refractivity contribution in [3.63, 3.8) is 0 Å². The zero-order chi connectivity index (χ0) is 9.84. The van der Waals surface area contributed by atoms with Gasteiger partial charge in [0.1, 0.15) is 5.82 Å². The smallest absolute Gasteiger partial charge is 0.141 e. The van der Waals surface area contributed by atoms with Gasteiger partial charge in [-0.2, -0.15) is 0 Å². The Morgan fingerprint density at radius 3 is 2.85 bits per heavy atom. The molecule has 0 bridgehead atoms. The third-order valence-corrected chi connectivity index (χ3v) is 2.09. The number of rotatable bonds is 2. The fourth-order valence-electron chi connectivity index (χ4n) is 1.04. The molecule has 1 aromatic rings. The van der Waals surface area contributed by atoms with E-state index in [4.69, 9.17) is 17.3 Å². The fourth-order valence-corrected chi connectivity index (χ4v) is 1.22. The molecule has 13 heavy (non-hydrogen) atoms. The molecule has 0 aliphatic rings. The highest BCUT2D eigenvalue weighted by atomic mass is 35.5. The standard InChI is InChI=1S/C10H11ClFN/c1-7(4-5-13)8-2-3-10(12)9(11)6-8/h2-4,6H,5,13H2,1H3/b7-4-. The summed E-state index contributed by atoms with van der Waals surface area (Å²) in [5.74, 6) is -0.397. The first-order chi connectivity index (χ1) is 6.15. The molecule has 0 atom stereocenters.